The predicted molar refractivity (Wildman–Crippen MR) is 81.0 cm³/mol. The van der Waals surface area contributed by atoms with E-state index in [1.807, 2.05) is 30.3 Å². The van der Waals surface area contributed by atoms with Crippen molar-refractivity contribution >= 4 is 12.2 Å². The van der Waals surface area contributed by atoms with Crippen LogP contribution in [0, 0.1) is 5.82 Å². The van der Waals surface area contributed by atoms with Gasteiger partial charge >= 0.3 is 0 Å². The van der Waals surface area contributed by atoms with Crippen LogP contribution in [0.3, 0.4) is 0 Å². The van der Waals surface area contributed by atoms with Crippen LogP contribution in [0.2, 0.25) is 0 Å². The Bertz CT molecular complexity index is 779. The molecule has 0 radical (unpaired) electrons. The largest absolute Gasteiger partial charge is 0.497 e. The van der Waals surface area contributed by atoms with Crippen molar-refractivity contribution in [3.63, 3.8) is 0 Å². The lowest BCUT2D eigenvalue weighted by atomic mass is 10.2. The standard InChI is InChI=1S/C16H13FN4O/c1-22-15-9-7-14(8-10-15)21-16(18-19-20-21)11-4-12-2-5-13(17)6-3-12/h2-11H,1H3/b11-4+. The monoisotopic (exact) mass is 296 g/mol. The SMILES string of the molecule is COc1ccc(-n2nnnc2/C=C/c2ccc(F)cc2)cc1. The fourth-order valence-electron chi connectivity index (χ4n) is 1.95. The summed E-state index contributed by atoms with van der Waals surface area (Å²) in [7, 11) is 1.61. The lowest BCUT2D eigenvalue weighted by Gasteiger charge is -2.03. The number of rotatable bonds is 4. The highest BCUT2D eigenvalue weighted by molar-refractivity contribution is 5.67. The highest BCUT2D eigenvalue weighted by Crippen LogP contribution is 2.16. The molecule has 1 aromatic heterocycles. The van der Waals surface area contributed by atoms with Gasteiger partial charge in [-0.2, -0.15) is 4.68 Å². The van der Waals surface area contributed by atoms with E-state index in [1.165, 1.54) is 12.1 Å². The van der Waals surface area contributed by atoms with Gasteiger partial charge in [0.25, 0.3) is 0 Å². The first-order valence-corrected chi connectivity index (χ1v) is 6.63. The summed E-state index contributed by atoms with van der Waals surface area (Å²) in [6, 6.07) is 13.6. The first kappa shape index (κ1) is 13.9. The molecule has 5 nitrogen and oxygen atoms in total. The average Bonchev–Trinajstić information content (AvgIpc) is 3.03. The number of methoxy groups -OCH3 is 1. The minimum Gasteiger partial charge on any atom is -0.497 e. The zero-order valence-corrected chi connectivity index (χ0v) is 11.8. The molecule has 0 N–H and O–H groups in total. The van der Waals surface area contributed by atoms with Crippen LogP contribution in [0.5, 0.6) is 5.75 Å². The molecule has 0 aliphatic rings. The number of nitrogens with zero attached hydrogens (tertiary/aromatic N) is 4. The molecule has 22 heavy (non-hydrogen) atoms. The summed E-state index contributed by atoms with van der Waals surface area (Å²) in [5.41, 5.74) is 1.69. The van der Waals surface area contributed by atoms with E-state index in [1.54, 1.807) is 30.0 Å². The zero-order chi connectivity index (χ0) is 15.4. The zero-order valence-electron chi connectivity index (χ0n) is 11.8. The van der Waals surface area contributed by atoms with E-state index in [-0.39, 0.29) is 5.82 Å². The second-order valence-electron chi connectivity index (χ2n) is 4.53. The Morgan fingerprint density at radius 3 is 2.41 bits per heavy atom. The Labute approximate surface area is 126 Å². The molecule has 3 rings (SSSR count). The smallest absolute Gasteiger partial charge is 0.179 e. The summed E-state index contributed by atoms with van der Waals surface area (Å²) in [5.74, 6) is 1.08. The highest BCUT2D eigenvalue weighted by Gasteiger charge is 2.05. The van der Waals surface area contributed by atoms with E-state index in [4.69, 9.17) is 4.74 Å². The minimum atomic E-state index is -0.264. The van der Waals surface area contributed by atoms with Gasteiger partial charge in [0.05, 0.1) is 12.8 Å². The molecular weight excluding hydrogens is 283 g/mol. The lowest BCUT2D eigenvalue weighted by molar-refractivity contribution is 0.414. The van der Waals surface area contributed by atoms with Crippen molar-refractivity contribution in [1.29, 1.82) is 0 Å². The lowest BCUT2D eigenvalue weighted by Crippen LogP contribution is -1.99. The maximum absolute atomic E-state index is 12.9. The number of ether oxygens (including phenoxy) is 1. The maximum Gasteiger partial charge on any atom is 0.179 e. The normalized spacial score (nSPS) is 11.0. The van der Waals surface area contributed by atoms with Crippen LogP contribution in [-0.2, 0) is 0 Å². The fraction of sp³-hybridized carbons (Fsp3) is 0.0625. The van der Waals surface area contributed by atoms with Gasteiger partial charge in [0.15, 0.2) is 5.82 Å². The molecule has 0 fully saturated rings. The van der Waals surface area contributed by atoms with Crippen molar-refractivity contribution in [3.05, 3.63) is 65.7 Å². The number of hydrogen-bond donors (Lipinski definition) is 0. The predicted octanol–water partition coefficient (Wildman–Crippen LogP) is 2.98. The van der Waals surface area contributed by atoms with Gasteiger partial charge < -0.3 is 4.74 Å². The molecule has 0 saturated heterocycles. The van der Waals surface area contributed by atoms with Gasteiger partial charge in [-0.15, -0.1) is 5.10 Å². The van der Waals surface area contributed by atoms with E-state index < -0.39 is 0 Å². The molecule has 110 valence electrons. The Morgan fingerprint density at radius 1 is 1.00 bits per heavy atom. The van der Waals surface area contributed by atoms with E-state index in [9.17, 15) is 4.39 Å². The first-order valence-electron chi connectivity index (χ1n) is 6.63. The molecule has 3 aromatic rings. The van der Waals surface area contributed by atoms with Gasteiger partial charge in [-0.05, 0) is 58.5 Å². The second-order valence-corrected chi connectivity index (χ2v) is 4.53. The van der Waals surface area contributed by atoms with Gasteiger partial charge in [0.2, 0.25) is 0 Å². The molecule has 0 bridgehead atoms. The van der Waals surface area contributed by atoms with Crippen molar-refractivity contribution in [2.75, 3.05) is 7.11 Å². The van der Waals surface area contributed by atoms with Crippen molar-refractivity contribution in [3.8, 4) is 11.4 Å². The van der Waals surface area contributed by atoms with Gasteiger partial charge in [-0.3, -0.25) is 0 Å². The molecule has 6 heteroatoms. The Balaban J connectivity index is 1.86. The summed E-state index contributed by atoms with van der Waals surface area (Å²) in [6.45, 7) is 0. The molecule has 0 aliphatic heterocycles. The third-order valence-corrected chi connectivity index (χ3v) is 3.11. The van der Waals surface area contributed by atoms with E-state index in [0.717, 1.165) is 17.0 Å². The van der Waals surface area contributed by atoms with Gasteiger partial charge in [0, 0.05) is 0 Å². The van der Waals surface area contributed by atoms with E-state index in [0.29, 0.717) is 5.82 Å². The van der Waals surface area contributed by atoms with Crippen molar-refractivity contribution < 1.29 is 9.13 Å². The van der Waals surface area contributed by atoms with Crippen LogP contribution < -0.4 is 4.74 Å². The Hall–Kier alpha value is -3.02. The molecule has 1 heterocycles. The molecular formula is C16H13FN4O. The molecule has 0 aliphatic carbocycles. The molecule has 0 saturated carbocycles. The van der Waals surface area contributed by atoms with Crippen LogP contribution >= 0.6 is 0 Å². The minimum absolute atomic E-state index is 0.264. The number of halogens is 1. The van der Waals surface area contributed by atoms with Crippen LogP contribution in [0.4, 0.5) is 4.39 Å². The molecule has 0 atom stereocenters. The van der Waals surface area contributed by atoms with Gasteiger partial charge in [0.1, 0.15) is 11.6 Å². The van der Waals surface area contributed by atoms with Gasteiger partial charge in [-0.1, -0.05) is 18.2 Å². The first-order chi connectivity index (χ1) is 10.8. The number of hydrogen-bond acceptors (Lipinski definition) is 4. The number of aromatic nitrogens is 4. The molecule has 0 spiro atoms. The van der Waals surface area contributed by atoms with E-state index in [2.05, 4.69) is 15.5 Å². The van der Waals surface area contributed by atoms with Crippen LogP contribution in [-0.4, -0.2) is 27.3 Å². The average molecular weight is 296 g/mol. The third kappa shape index (κ3) is 3.01. The highest BCUT2D eigenvalue weighted by atomic mass is 19.1. The fourth-order valence-corrected chi connectivity index (χ4v) is 1.95. The van der Waals surface area contributed by atoms with Crippen LogP contribution in [0.1, 0.15) is 11.4 Å². The summed E-state index contributed by atoms with van der Waals surface area (Å²) in [5, 5.41) is 11.6. The topological polar surface area (TPSA) is 52.8 Å². The molecule has 2 aromatic carbocycles. The third-order valence-electron chi connectivity index (χ3n) is 3.11. The van der Waals surface area contributed by atoms with Crippen LogP contribution in [0.15, 0.2) is 48.5 Å². The Kier molecular flexibility index (Phi) is 3.91. The van der Waals surface area contributed by atoms with Gasteiger partial charge in [-0.25, -0.2) is 4.39 Å². The summed E-state index contributed by atoms with van der Waals surface area (Å²) >= 11 is 0. The molecule has 0 amide bonds. The number of benzene rings is 2. The van der Waals surface area contributed by atoms with Crippen LogP contribution in [0.25, 0.3) is 17.8 Å². The summed E-state index contributed by atoms with van der Waals surface area (Å²) < 4.78 is 19.6. The second kappa shape index (κ2) is 6.17. The van der Waals surface area contributed by atoms with Crippen molar-refractivity contribution in [2.24, 2.45) is 0 Å². The van der Waals surface area contributed by atoms with Crippen molar-refractivity contribution in [2.45, 2.75) is 0 Å². The molecule has 0 unspecified atom stereocenters. The summed E-state index contributed by atoms with van der Waals surface area (Å²) in [4.78, 5) is 0. The van der Waals surface area contributed by atoms with Crippen molar-refractivity contribution in [1.82, 2.24) is 20.2 Å². The number of tetrazole rings is 1. The Morgan fingerprint density at radius 2 is 1.73 bits per heavy atom. The summed E-state index contributed by atoms with van der Waals surface area (Å²) in [6.07, 6.45) is 3.60. The quantitative estimate of drug-likeness (QED) is 0.742. The van der Waals surface area contributed by atoms with E-state index >= 15 is 0 Å². The maximum atomic E-state index is 12.9.